The monoisotopic (exact) mass is 1300 g/mol. The summed E-state index contributed by atoms with van der Waals surface area (Å²) in [4.78, 5) is 118. The van der Waals surface area contributed by atoms with Crippen molar-refractivity contribution < 1.29 is 90.8 Å². The maximum atomic E-state index is 14.6. The second-order valence-corrected chi connectivity index (χ2v) is 24.2. The maximum absolute atomic E-state index is 14.6. The van der Waals surface area contributed by atoms with Gasteiger partial charge in [-0.15, -0.1) is 0 Å². The summed E-state index contributed by atoms with van der Waals surface area (Å²) in [6.45, 7) is 21.3. The largest absolute Gasteiger partial charge is 0.493 e. The average Bonchev–Trinajstić information content (AvgIpc) is 1.57. The van der Waals surface area contributed by atoms with E-state index in [-0.39, 0.29) is 114 Å². The first kappa shape index (κ1) is 70.1. The van der Waals surface area contributed by atoms with Crippen molar-refractivity contribution in [1.82, 2.24) is 25.4 Å². The van der Waals surface area contributed by atoms with Gasteiger partial charge in [0, 0.05) is 37.5 Å². The molecule has 3 fully saturated rings. The molecule has 27 heteroatoms. The molecule has 7 amide bonds. The van der Waals surface area contributed by atoms with Gasteiger partial charge in [0.2, 0.25) is 11.8 Å². The van der Waals surface area contributed by atoms with E-state index in [0.717, 1.165) is 18.4 Å². The van der Waals surface area contributed by atoms with Crippen molar-refractivity contribution >= 4 is 64.9 Å². The molecular formula is C67H82N8O19. The van der Waals surface area contributed by atoms with Crippen LogP contribution in [0.15, 0.2) is 97.6 Å². The number of rotatable bonds is 24. The SMILES string of the molecule is C=CCOC(=O)N[C@H](C(=O)N[C@@H](C)C(=O)Nc1ccc(COC(=O)Nc2cc(OCc3cc(C(=O)OC)cc(COc4cc5c(cc4OC)C(=O)N4CC(=C)C[C@H]4[C@H](OC4CCCCO4)N5C(=O)OC(C)(C)C)n3)c(OC)cc2C(=O)N2CC(=C)C[C@H]2CO)cc1)C(C)C. The number of pyridine rings is 1. The van der Waals surface area contributed by atoms with Crippen LogP contribution in [0.3, 0.4) is 0 Å². The number of aromatic nitrogens is 1. The molecule has 5 heterocycles. The van der Waals surface area contributed by atoms with Gasteiger partial charge in [-0.3, -0.25) is 29.5 Å². The van der Waals surface area contributed by atoms with Gasteiger partial charge in [-0.05, 0) is 108 Å². The molecule has 3 aromatic carbocycles. The van der Waals surface area contributed by atoms with Crippen LogP contribution in [-0.2, 0) is 57.8 Å². The summed E-state index contributed by atoms with van der Waals surface area (Å²) >= 11 is 0. The van der Waals surface area contributed by atoms with E-state index in [1.807, 2.05) is 0 Å². The number of methoxy groups -OCH3 is 3. The Kier molecular flexibility index (Phi) is 23.3. The Morgan fingerprint density at radius 1 is 0.787 bits per heavy atom. The zero-order chi connectivity index (χ0) is 68.1. The van der Waals surface area contributed by atoms with Crippen molar-refractivity contribution in [1.29, 1.82) is 0 Å². The molecule has 0 bridgehead atoms. The molecule has 1 unspecified atom stereocenters. The summed E-state index contributed by atoms with van der Waals surface area (Å²) in [6, 6.07) is 11.6. The Morgan fingerprint density at radius 2 is 1.46 bits per heavy atom. The van der Waals surface area contributed by atoms with E-state index >= 15 is 0 Å². The van der Waals surface area contributed by atoms with Crippen LogP contribution in [0.5, 0.6) is 23.0 Å². The van der Waals surface area contributed by atoms with Crippen molar-refractivity contribution in [3.8, 4) is 23.0 Å². The minimum atomic E-state index is -1.08. The van der Waals surface area contributed by atoms with E-state index in [2.05, 4.69) is 41.0 Å². The Labute approximate surface area is 544 Å². The average molecular weight is 1300 g/mol. The molecule has 6 atom stereocenters. The second kappa shape index (κ2) is 31.3. The molecule has 8 rings (SSSR count). The minimum absolute atomic E-state index is 0.00903. The van der Waals surface area contributed by atoms with Crippen molar-refractivity contribution in [2.75, 3.05) is 69.8 Å². The molecule has 94 heavy (non-hydrogen) atoms. The number of hydrogen-bond acceptors (Lipinski definition) is 20. The number of nitrogens with one attached hydrogen (secondary N) is 4. The Morgan fingerprint density at radius 3 is 2.07 bits per heavy atom. The maximum Gasteiger partial charge on any atom is 0.417 e. The Balaban J connectivity index is 1.01. The molecule has 0 aliphatic carbocycles. The fourth-order valence-electron chi connectivity index (χ4n) is 10.9. The highest BCUT2D eigenvalue weighted by Gasteiger charge is 2.49. The minimum Gasteiger partial charge on any atom is -0.493 e. The second-order valence-electron chi connectivity index (χ2n) is 24.2. The predicted octanol–water partition coefficient (Wildman–Crippen LogP) is 8.33. The van der Waals surface area contributed by atoms with Gasteiger partial charge in [-0.2, -0.15) is 0 Å². The molecule has 504 valence electrons. The van der Waals surface area contributed by atoms with Crippen molar-refractivity contribution in [2.24, 2.45) is 5.92 Å². The molecular weight excluding hydrogens is 1220 g/mol. The Hall–Kier alpha value is -9.73. The molecule has 0 saturated carbocycles. The van der Waals surface area contributed by atoms with Crippen LogP contribution in [0.25, 0.3) is 0 Å². The van der Waals surface area contributed by atoms with Crippen molar-refractivity contribution in [3.63, 3.8) is 0 Å². The topological polar surface area (TPSA) is 320 Å². The van der Waals surface area contributed by atoms with Crippen LogP contribution in [0.2, 0.25) is 0 Å². The van der Waals surface area contributed by atoms with Crippen LogP contribution >= 0.6 is 0 Å². The van der Waals surface area contributed by atoms with E-state index < -0.39 is 90.2 Å². The molecule has 1 aromatic heterocycles. The molecule has 3 saturated heterocycles. The number of carbonyl (C=O) groups is 8. The van der Waals surface area contributed by atoms with Crippen LogP contribution in [0.4, 0.5) is 31.4 Å². The number of benzene rings is 3. The van der Waals surface area contributed by atoms with Crippen LogP contribution in [-0.4, -0.2) is 164 Å². The van der Waals surface area contributed by atoms with E-state index in [4.69, 9.17) is 52.4 Å². The van der Waals surface area contributed by atoms with E-state index in [1.165, 1.54) is 80.5 Å². The zero-order valence-electron chi connectivity index (χ0n) is 54.3. The molecule has 4 aromatic rings. The predicted molar refractivity (Wildman–Crippen MR) is 341 cm³/mol. The third-order valence-electron chi connectivity index (χ3n) is 15.5. The van der Waals surface area contributed by atoms with Crippen LogP contribution < -0.4 is 45.1 Å². The number of aliphatic hydroxyl groups excluding tert-OH is 1. The number of esters is 1. The molecule has 4 aliphatic heterocycles. The lowest BCUT2D eigenvalue weighted by Crippen LogP contribution is -2.54. The van der Waals surface area contributed by atoms with Gasteiger partial charge in [0.15, 0.2) is 35.5 Å². The first-order chi connectivity index (χ1) is 44.8. The summed E-state index contributed by atoms with van der Waals surface area (Å²) in [6.07, 6.45) is -0.0360. The lowest BCUT2D eigenvalue weighted by atomic mass is 10.0. The quantitative estimate of drug-likeness (QED) is 0.0250. The first-order valence-electron chi connectivity index (χ1n) is 30.6. The highest BCUT2D eigenvalue weighted by atomic mass is 16.7. The van der Waals surface area contributed by atoms with E-state index in [1.54, 1.807) is 63.8 Å². The Bertz CT molecular complexity index is 3530. The summed E-state index contributed by atoms with van der Waals surface area (Å²) in [5.41, 5.74) is 1.93. The van der Waals surface area contributed by atoms with Crippen LogP contribution in [0, 0.1) is 5.92 Å². The molecule has 4 aliphatic rings. The van der Waals surface area contributed by atoms with Gasteiger partial charge in [-0.25, -0.2) is 24.1 Å². The smallest absolute Gasteiger partial charge is 0.417 e. The first-order valence-corrected chi connectivity index (χ1v) is 30.6. The normalized spacial score (nSPS) is 18.3. The third kappa shape index (κ3) is 17.5. The summed E-state index contributed by atoms with van der Waals surface area (Å²) in [5, 5.41) is 20.7. The third-order valence-corrected chi connectivity index (χ3v) is 15.5. The molecule has 5 N–H and O–H groups in total. The zero-order valence-corrected chi connectivity index (χ0v) is 54.3. The van der Waals surface area contributed by atoms with Crippen molar-refractivity contribution in [2.45, 2.75) is 136 Å². The number of likely N-dealkylation sites (tertiary alicyclic amines) is 1. The molecule has 0 spiro atoms. The van der Waals surface area contributed by atoms with Gasteiger partial charge in [0.1, 0.15) is 44.1 Å². The fourth-order valence-corrected chi connectivity index (χ4v) is 10.9. The number of alkyl carbamates (subject to hydrolysis) is 1. The van der Waals surface area contributed by atoms with Gasteiger partial charge in [0.25, 0.3) is 11.8 Å². The molecule has 0 radical (unpaired) electrons. The van der Waals surface area contributed by atoms with Gasteiger partial charge in [0.05, 0.1) is 79.5 Å². The number of aliphatic hydroxyl groups is 1. The van der Waals surface area contributed by atoms with Crippen LogP contribution in [0.1, 0.15) is 122 Å². The lowest BCUT2D eigenvalue weighted by Gasteiger charge is -2.39. The summed E-state index contributed by atoms with van der Waals surface area (Å²) < 4.78 is 58.7. The summed E-state index contributed by atoms with van der Waals surface area (Å²) in [5.74, 6) is -2.92. The highest BCUT2D eigenvalue weighted by Crippen LogP contribution is 2.44. The number of nitrogens with zero attached hydrogens (tertiary/aromatic N) is 4. The number of anilines is 3. The lowest BCUT2D eigenvalue weighted by molar-refractivity contribution is -0.195. The van der Waals surface area contributed by atoms with Gasteiger partial charge >= 0.3 is 24.2 Å². The molecule has 27 nitrogen and oxygen atoms in total. The van der Waals surface area contributed by atoms with Crippen molar-refractivity contribution in [3.05, 3.63) is 131 Å². The number of carbonyl (C=O) groups excluding carboxylic acids is 8. The number of fused-ring (bicyclic) bond motifs is 2. The highest BCUT2D eigenvalue weighted by molar-refractivity contribution is 6.07. The van der Waals surface area contributed by atoms with Gasteiger partial charge in [-0.1, -0.05) is 62.9 Å². The van der Waals surface area contributed by atoms with Gasteiger partial charge < -0.3 is 78.2 Å². The summed E-state index contributed by atoms with van der Waals surface area (Å²) in [7, 11) is 3.96. The number of hydrogen-bond donors (Lipinski definition) is 5. The fraction of sp³-hybridized carbons (Fsp3) is 0.448. The number of ether oxygens (including phenoxy) is 10. The van der Waals surface area contributed by atoms with E-state index in [0.29, 0.717) is 42.7 Å². The number of amides is 7. The van der Waals surface area contributed by atoms with E-state index in [9.17, 15) is 43.5 Å². The standard InChI is InChI=1S/C67H82N8O19/c1-13-21-89-65(83)72-57(37(2)3)59(78)68-40(6)58(77)70-43-19-17-41(18-20-43)34-92-64(82)71-49-29-54(52(85-10)27-47(49)60(79)73-31-38(4)23-46(73)33-76)90-35-44-25-42(63(81)87-12)26-45(69-44)36-91-55-30-50-48(28-53(55)86-11)61(80)74-32-39(5)24-51(74)62(93-56-16-14-15-22-88-56)75(50)66(84)94-67(7,8)9/h13,17-20,25-30,37,40,46,51,56-57,62,76H,1,4-5,14-16,21-24,31-36H2,2-3,6-12H3,(H,68,78)(H,70,77)(H,71,82)(H,72,83)/t40-,46-,51-,56?,57-,62-/m0/s1.